The van der Waals surface area contributed by atoms with Crippen molar-refractivity contribution in [3.63, 3.8) is 0 Å². The molecule has 4 heteroatoms. The molecule has 0 spiro atoms. The van der Waals surface area contributed by atoms with Crippen molar-refractivity contribution in [2.75, 3.05) is 5.73 Å². The highest BCUT2D eigenvalue weighted by atomic mass is 15.3. The molecule has 0 saturated heterocycles. The van der Waals surface area contributed by atoms with Gasteiger partial charge in [-0.25, -0.2) is 0 Å². The molecule has 2 N–H and O–H groups in total. The minimum Gasteiger partial charge on any atom is -0.399 e. The van der Waals surface area contributed by atoms with Crippen LogP contribution in [-0.2, 0) is 0 Å². The SMILES string of the molecule is Cc1cc(N)ccc1-c1nncn1C(C)C. The van der Waals surface area contributed by atoms with Crippen molar-refractivity contribution in [1.82, 2.24) is 14.8 Å². The first-order chi connectivity index (χ1) is 7.59. The number of hydrogen-bond donors (Lipinski definition) is 1. The van der Waals surface area contributed by atoms with E-state index in [4.69, 9.17) is 5.73 Å². The van der Waals surface area contributed by atoms with Crippen LogP contribution in [0.4, 0.5) is 5.69 Å². The molecule has 0 bridgehead atoms. The van der Waals surface area contributed by atoms with E-state index in [-0.39, 0.29) is 0 Å². The van der Waals surface area contributed by atoms with Crippen LogP contribution in [0, 0.1) is 6.92 Å². The average molecular weight is 216 g/mol. The molecule has 1 aromatic carbocycles. The van der Waals surface area contributed by atoms with Gasteiger partial charge in [-0.2, -0.15) is 0 Å². The number of nitrogens with two attached hydrogens (primary N) is 1. The molecule has 2 rings (SSSR count). The number of rotatable bonds is 2. The lowest BCUT2D eigenvalue weighted by atomic mass is 10.1. The van der Waals surface area contributed by atoms with E-state index in [9.17, 15) is 0 Å². The van der Waals surface area contributed by atoms with Crippen LogP contribution in [0.2, 0.25) is 0 Å². The maximum absolute atomic E-state index is 5.74. The summed E-state index contributed by atoms with van der Waals surface area (Å²) in [4.78, 5) is 0. The van der Waals surface area contributed by atoms with Crippen molar-refractivity contribution >= 4 is 5.69 Å². The third kappa shape index (κ3) is 1.78. The second-order valence-corrected chi connectivity index (χ2v) is 4.23. The molecule has 0 unspecified atom stereocenters. The fourth-order valence-electron chi connectivity index (χ4n) is 1.75. The van der Waals surface area contributed by atoms with Gasteiger partial charge in [0.05, 0.1) is 0 Å². The average Bonchev–Trinajstić information content (AvgIpc) is 2.66. The van der Waals surface area contributed by atoms with Crippen LogP contribution < -0.4 is 5.73 Å². The molecule has 0 atom stereocenters. The molecule has 0 aliphatic carbocycles. The van der Waals surface area contributed by atoms with Gasteiger partial charge < -0.3 is 10.3 Å². The number of aryl methyl sites for hydroxylation is 1. The minimum atomic E-state index is 0.349. The molecule has 0 saturated carbocycles. The Morgan fingerprint density at radius 2 is 2.06 bits per heavy atom. The predicted molar refractivity (Wildman–Crippen MR) is 65.0 cm³/mol. The zero-order valence-electron chi connectivity index (χ0n) is 9.81. The Bertz CT molecular complexity index is 499. The summed E-state index contributed by atoms with van der Waals surface area (Å²) in [6.07, 6.45) is 1.76. The zero-order valence-corrected chi connectivity index (χ0v) is 9.81. The molecule has 16 heavy (non-hydrogen) atoms. The first kappa shape index (κ1) is 10.7. The van der Waals surface area contributed by atoms with Gasteiger partial charge in [0.25, 0.3) is 0 Å². The summed E-state index contributed by atoms with van der Waals surface area (Å²) in [6, 6.07) is 6.19. The van der Waals surface area contributed by atoms with Gasteiger partial charge >= 0.3 is 0 Å². The summed E-state index contributed by atoms with van der Waals surface area (Å²) in [6.45, 7) is 6.25. The van der Waals surface area contributed by atoms with Crippen LogP contribution in [0.1, 0.15) is 25.5 Å². The van der Waals surface area contributed by atoms with Gasteiger partial charge in [0.2, 0.25) is 0 Å². The van der Waals surface area contributed by atoms with Crippen LogP contribution >= 0.6 is 0 Å². The summed E-state index contributed by atoms with van der Waals surface area (Å²) in [7, 11) is 0. The highest BCUT2D eigenvalue weighted by molar-refractivity contribution is 5.63. The van der Waals surface area contributed by atoms with Crippen LogP contribution in [0.15, 0.2) is 24.5 Å². The first-order valence-corrected chi connectivity index (χ1v) is 5.35. The second-order valence-electron chi connectivity index (χ2n) is 4.23. The highest BCUT2D eigenvalue weighted by Gasteiger charge is 2.11. The highest BCUT2D eigenvalue weighted by Crippen LogP contribution is 2.24. The largest absolute Gasteiger partial charge is 0.399 e. The van der Waals surface area contributed by atoms with Crippen LogP contribution in [-0.4, -0.2) is 14.8 Å². The van der Waals surface area contributed by atoms with E-state index in [0.717, 1.165) is 22.6 Å². The Balaban J connectivity index is 2.54. The molecule has 84 valence electrons. The van der Waals surface area contributed by atoms with E-state index < -0.39 is 0 Å². The van der Waals surface area contributed by atoms with Crippen LogP contribution in [0.5, 0.6) is 0 Å². The number of benzene rings is 1. The zero-order chi connectivity index (χ0) is 11.7. The van der Waals surface area contributed by atoms with Crippen molar-refractivity contribution in [1.29, 1.82) is 0 Å². The number of aromatic nitrogens is 3. The Labute approximate surface area is 95.1 Å². The molecule has 1 heterocycles. The smallest absolute Gasteiger partial charge is 0.164 e. The summed E-state index contributed by atoms with van der Waals surface area (Å²) in [5.41, 5.74) is 8.71. The third-order valence-corrected chi connectivity index (χ3v) is 2.62. The molecular weight excluding hydrogens is 200 g/mol. The maximum atomic E-state index is 5.74. The number of hydrogen-bond acceptors (Lipinski definition) is 3. The van der Waals surface area contributed by atoms with E-state index in [2.05, 4.69) is 28.6 Å². The van der Waals surface area contributed by atoms with Crippen molar-refractivity contribution in [3.8, 4) is 11.4 Å². The van der Waals surface area contributed by atoms with Gasteiger partial charge in [0.1, 0.15) is 6.33 Å². The van der Waals surface area contributed by atoms with Crippen molar-refractivity contribution in [2.24, 2.45) is 0 Å². The van der Waals surface area contributed by atoms with E-state index in [1.807, 2.05) is 25.1 Å². The number of nitrogens with zero attached hydrogens (tertiary/aromatic N) is 3. The Morgan fingerprint density at radius 1 is 1.31 bits per heavy atom. The summed E-state index contributed by atoms with van der Waals surface area (Å²) < 4.78 is 2.05. The molecular formula is C12H16N4. The Kier molecular flexibility index (Phi) is 2.64. The van der Waals surface area contributed by atoms with Crippen molar-refractivity contribution < 1.29 is 0 Å². The van der Waals surface area contributed by atoms with Gasteiger partial charge in [0.15, 0.2) is 5.82 Å². The van der Waals surface area contributed by atoms with Gasteiger partial charge in [-0.15, -0.1) is 10.2 Å². The molecule has 0 radical (unpaired) electrons. The molecule has 4 nitrogen and oxygen atoms in total. The lowest BCUT2D eigenvalue weighted by molar-refractivity contribution is 0.604. The second kappa shape index (κ2) is 3.96. The summed E-state index contributed by atoms with van der Waals surface area (Å²) >= 11 is 0. The van der Waals surface area contributed by atoms with E-state index in [1.54, 1.807) is 6.33 Å². The van der Waals surface area contributed by atoms with E-state index in [0.29, 0.717) is 6.04 Å². The minimum absolute atomic E-state index is 0.349. The fourth-order valence-corrected chi connectivity index (χ4v) is 1.75. The monoisotopic (exact) mass is 216 g/mol. The Hall–Kier alpha value is -1.84. The van der Waals surface area contributed by atoms with Gasteiger partial charge in [-0.3, -0.25) is 0 Å². The van der Waals surface area contributed by atoms with Crippen LogP contribution in [0.3, 0.4) is 0 Å². The lowest BCUT2D eigenvalue weighted by Crippen LogP contribution is -2.02. The standard InChI is InChI=1S/C12H16N4/c1-8(2)16-7-14-15-12(16)11-5-4-10(13)6-9(11)3/h4-8H,13H2,1-3H3. The molecule has 0 aliphatic rings. The summed E-state index contributed by atoms with van der Waals surface area (Å²) in [5, 5.41) is 8.14. The van der Waals surface area contributed by atoms with Crippen LogP contribution in [0.25, 0.3) is 11.4 Å². The molecule has 1 aromatic heterocycles. The maximum Gasteiger partial charge on any atom is 0.164 e. The van der Waals surface area contributed by atoms with Gasteiger partial charge in [-0.05, 0) is 44.5 Å². The fraction of sp³-hybridized carbons (Fsp3) is 0.333. The third-order valence-electron chi connectivity index (χ3n) is 2.62. The topological polar surface area (TPSA) is 56.7 Å². The molecule has 0 amide bonds. The first-order valence-electron chi connectivity index (χ1n) is 5.35. The Morgan fingerprint density at radius 3 is 2.69 bits per heavy atom. The molecule has 0 aliphatic heterocycles. The van der Waals surface area contributed by atoms with Crippen molar-refractivity contribution in [3.05, 3.63) is 30.1 Å². The predicted octanol–water partition coefficient (Wildman–Crippen LogP) is 2.42. The summed E-state index contributed by atoms with van der Waals surface area (Å²) in [5.74, 6) is 0.896. The quantitative estimate of drug-likeness (QED) is 0.784. The van der Waals surface area contributed by atoms with E-state index >= 15 is 0 Å². The molecule has 0 fully saturated rings. The molecule has 2 aromatic rings. The number of anilines is 1. The van der Waals surface area contributed by atoms with E-state index in [1.165, 1.54) is 0 Å². The van der Waals surface area contributed by atoms with Gasteiger partial charge in [0, 0.05) is 17.3 Å². The lowest BCUT2D eigenvalue weighted by Gasteiger charge is -2.11. The number of nitrogen functional groups attached to an aromatic ring is 1. The van der Waals surface area contributed by atoms with Gasteiger partial charge in [-0.1, -0.05) is 0 Å². The normalized spacial score (nSPS) is 11.0. The van der Waals surface area contributed by atoms with Crippen molar-refractivity contribution in [2.45, 2.75) is 26.8 Å².